The quantitative estimate of drug-likeness (QED) is 0.572. The van der Waals surface area contributed by atoms with Crippen LogP contribution in [-0.4, -0.2) is 35.9 Å². The lowest BCUT2D eigenvalue weighted by Crippen LogP contribution is -2.49. The number of amides is 2. The summed E-state index contributed by atoms with van der Waals surface area (Å²) in [5, 5.41) is 2.88. The summed E-state index contributed by atoms with van der Waals surface area (Å²) in [6.07, 6.45) is 0.840. The van der Waals surface area contributed by atoms with E-state index in [0.717, 1.165) is 33.1 Å². The molecule has 0 saturated heterocycles. The monoisotopic (exact) mass is 474 g/mol. The number of halogens is 1. The van der Waals surface area contributed by atoms with Gasteiger partial charge in [-0.2, -0.15) is 0 Å². The molecule has 0 spiro atoms. The van der Waals surface area contributed by atoms with Gasteiger partial charge in [-0.25, -0.2) is 0 Å². The van der Waals surface area contributed by atoms with Crippen LogP contribution >= 0.6 is 15.9 Å². The Kier molecular flexibility index (Phi) is 8.90. The first-order chi connectivity index (χ1) is 14.2. The van der Waals surface area contributed by atoms with Crippen LogP contribution < -0.4 is 10.1 Å². The zero-order valence-electron chi connectivity index (χ0n) is 18.4. The molecule has 1 atom stereocenters. The molecule has 2 aromatic carbocycles. The van der Waals surface area contributed by atoms with Crippen LogP contribution in [0.2, 0.25) is 0 Å². The fourth-order valence-electron chi connectivity index (χ4n) is 3.18. The molecular weight excluding hydrogens is 444 g/mol. The van der Waals surface area contributed by atoms with Gasteiger partial charge in [0.25, 0.3) is 5.91 Å². The average molecular weight is 475 g/mol. The molecule has 0 radical (unpaired) electrons. The van der Waals surface area contributed by atoms with Gasteiger partial charge in [-0.1, -0.05) is 41.1 Å². The minimum absolute atomic E-state index is 0.122. The van der Waals surface area contributed by atoms with Crippen LogP contribution in [0, 0.1) is 20.8 Å². The molecule has 5 nitrogen and oxygen atoms in total. The summed E-state index contributed by atoms with van der Waals surface area (Å²) < 4.78 is 6.81. The first-order valence-corrected chi connectivity index (χ1v) is 11.0. The number of ether oxygens (including phenoxy) is 1. The van der Waals surface area contributed by atoms with Gasteiger partial charge < -0.3 is 15.0 Å². The third-order valence-electron chi connectivity index (χ3n) is 5.07. The maximum Gasteiger partial charge on any atom is 0.261 e. The van der Waals surface area contributed by atoms with Crippen LogP contribution in [0.25, 0.3) is 0 Å². The van der Waals surface area contributed by atoms with E-state index in [4.69, 9.17) is 4.74 Å². The highest BCUT2D eigenvalue weighted by atomic mass is 79.9. The van der Waals surface area contributed by atoms with Crippen molar-refractivity contribution in [1.82, 2.24) is 10.2 Å². The Labute approximate surface area is 187 Å². The van der Waals surface area contributed by atoms with E-state index in [1.807, 2.05) is 58.0 Å². The molecule has 0 aliphatic heterocycles. The van der Waals surface area contributed by atoms with E-state index < -0.39 is 6.04 Å². The predicted octanol–water partition coefficient (Wildman–Crippen LogP) is 4.70. The number of carbonyl (C=O) groups is 2. The van der Waals surface area contributed by atoms with E-state index in [1.165, 1.54) is 0 Å². The van der Waals surface area contributed by atoms with Crippen molar-refractivity contribution in [2.75, 3.05) is 13.2 Å². The fraction of sp³-hybridized carbons (Fsp3) is 0.417. The van der Waals surface area contributed by atoms with Crippen LogP contribution in [0.15, 0.2) is 40.9 Å². The van der Waals surface area contributed by atoms with Crippen LogP contribution in [0.1, 0.15) is 42.5 Å². The standard InChI is InChI=1S/C24H31BrN2O3/c1-6-10-26-24(29)19(5)27(14-20-8-7-9-21(25)13-20)23(28)15-30-22-12-16(2)11-17(3)18(22)4/h7-9,11-13,19H,6,10,14-15H2,1-5H3,(H,26,29)/t19-/m0/s1. The van der Waals surface area contributed by atoms with Crippen molar-refractivity contribution in [3.8, 4) is 5.75 Å². The highest BCUT2D eigenvalue weighted by molar-refractivity contribution is 9.10. The maximum atomic E-state index is 13.1. The average Bonchev–Trinajstić information content (AvgIpc) is 2.71. The van der Waals surface area contributed by atoms with Crippen LogP contribution in [0.5, 0.6) is 5.75 Å². The number of aryl methyl sites for hydroxylation is 2. The van der Waals surface area contributed by atoms with Crippen LogP contribution in [0.3, 0.4) is 0 Å². The molecule has 2 amide bonds. The molecule has 0 aliphatic rings. The fourth-order valence-corrected chi connectivity index (χ4v) is 3.63. The molecule has 0 fully saturated rings. The van der Waals surface area contributed by atoms with Gasteiger partial charge in [0, 0.05) is 17.6 Å². The zero-order valence-corrected chi connectivity index (χ0v) is 20.0. The number of rotatable bonds is 9. The number of hydrogen-bond acceptors (Lipinski definition) is 3. The molecule has 1 N–H and O–H groups in total. The molecule has 0 aromatic heterocycles. The lowest BCUT2D eigenvalue weighted by atomic mass is 10.1. The second-order valence-corrected chi connectivity index (χ2v) is 8.53. The molecule has 0 unspecified atom stereocenters. The lowest BCUT2D eigenvalue weighted by molar-refractivity contribution is -0.142. The summed E-state index contributed by atoms with van der Waals surface area (Å²) in [4.78, 5) is 27.3. The van der Waals surface area contributed by atoms with Gasteiger partial charge in [0.15, 0.2) is 6.61 Å². The number of nitrogens with one attached hydrogen (secondary N) is 1. The Morgan fingerprint density at radius 3 is 2.57 bits per heavy atom. The van der Waals surface area contributed by atoms with Gasteiger partial charge >= 0.3 is 0 Å². The molecule has 0 aliphatic carbocycles. The maximum absolute atomic E-state index is 13.1. The van der Waals surface area contributed by atoms with Crippen molar-refractivity contribution in [3.63, 3.8) is 0 Å². The van der Waals surface area contributed by atoms with Crippen molar-refractivity contribution >= 4 is 27.7 Å². The van der Waals surface area contributed by atoms with Gasteiger partial charge in [-0.15, -0.1) is 0 Å². The predicted molar refractivity (Wildman–Crippen MR) is 124 cm³/mol. The van der Waals surface area contributed by atoms with Crippen molar-refractivity contribution in [2.45, 2.75) is 53.6 Å². The van der Waals surface area contributed by atoms with Crippen molar-refractivity contribution in [1.29, 1.82) is 0 Å². The Bertz CT molecular complexity index is 898. The SMILES string of the molecule is CCCNC(=O)[C@H](C)N(Cc1cccc(Br)c1)C(=O)COc1cc(C)cc(C)c1C. The highest BCUT2D eigenvalue weighted by Gasteiger charge is 2.26. The molecule has 0 saturated carbocycles. The Balaban J connectivity index is 2.19. The topological polar surface area (TPSA) is 58.6 Å². The second kappa shape index (κ2) is 11.2. The largest absolute Gasteiger partial charge is 0.483 e. The van der Waals surface area contributed by atoms with Crippen LogP contribution in [0.4, 0.5) is 0 Å². The van der Waals surface area contributed by atoms with E-state index in [9.17, 15) is 9.59 Å². The normalized spacial score (nSPS) is 11.7. The smallest absolute Gasteiger partial charge is 0.261 e. The summed E-state index contributed by atoms with van der Waals surface area (Å²) in [5.74, 6) is 0.307. The van der Waals surface area contributed by atoms with Crippen molar-refractivity contribution in [2.24, 2.45) is 0 Å². The van der Waals surface area contributed by atoms with E-state index in [-0.39, 0.29) is 18.4 Å². The van der Waals surface area contributed by atoms with Crippen molar-refractivity contribution in [3.05, 3.63) is 63.1 Å². The van der Waals surface area contributed by atoms with Crippen molar-refractivity contribution < 1.29 is 14.3 Å². The number of nitrogens with zero attached hydrogens (tertiary/aromatic N) is 1. The van der Waals surface area contributed by atoms with Gasteiger partial charge in [-0.3, -0.25) is 9.59 Å². The molecule has 0 heterocycles. The first-order valence-electron chi connectivity index (χ1n) is 10.2. The molecule has 2 rings (SSSR count). The summed E-state index contributed by atoms with van der Waals surface area (Å²) in [5.41, 5.74) is 4.16. The molecule has 2 aromatic rings. The summed E-state index contributed by atoms with van der Waals surface area (Å²) in [6, 6.07) is 11.2. The Morgan fingerprint density at radius 2 is 1.90 bits per heavy atom. The van der Waals surface area contributed by atoms with E-state index in [1.54, 1.807) is 11.8 Å². The Morgan fingerprint density at radius 1 is 1.17 bits per heavy atom. The van der Waals surface area contributed by atoms with Crippen LogP contribution in [-0.2, 0) is 16.1 Å². The number of benzene rings is 2. The second-order valence-electron chi connectivity index (χ2n) is 7.61. The van der Waals surface area contributed by atoms with E-state index in [0.29, 0.717) is 18.8 Å². The third kappa shape index (κ3) is 6.59. The molecule has 30 heavy (non-hydrogen) atoms. The first kappa shape index (κ1) is 23.9. The van der Waals surface area contributed by atoms with Gasteiger partial charge in [0.1, 0.15) is 11.8 Å². The molecule has 0 bridgehead atoms. The van der Waals surface area contributed by atoms with E-state index >= 15 is 0 Å². The molecule has 162 valence electrons. The lowest BCUT2D eigenvalue weighted by Gasteiger charge is -2.29. The van der Waals surface area contributed by atoms with E-state index in [2.05, 4.69) is 27.3 Å². The summed E-state index contributed by atoms with van der Waals surface area (Å²) in [7, 11) is 0. The number of carbonyl (C=O) groups excluding carboxylic acids is 2. The van der Waals surface area contributed by atoms with Gasteiger partial charge in [0.2, 0.25) is 5.91 Å². The van der Waals surface area contributed by atoms with Gasteiger partial charge in [-0.05, 0) is 74.6 Å². The summed E-state index contributed by atoms with van der Waals surface area (Å²) >= 11 is 3.46. The minimum Gasteiger partial charge on any atom is -0.483 e. The highest BCUT2D eigenvalue weighted by Crippen LogP contribution is 2.23. The molecular formula is C24H31BrN2O3. The number of hydrogen-bond donors (Lipinski definition) is 1. The Hall–Kier alpha value is -2.34. The minimum atomic E-state index is -0.605. The summed E-state index contributed by atoms with van der Waals surface area (Å²) in [6.45, 7) is 10.5. The third-order valence-corrected chi connectivity index (χ3v) is 5.57. The van der Waals surface area contributed by atoms with Gasteiger partial charge in [0.05, 0.1) is 0 Å². The molecule has 6 heteroatoms. The zero-order chi connectivity index (χ0) is 22.3.